The molecule has 0 aliphatic rings. The van der Waals surface area contributed by atoms with Crippen LogP contribution in [0.5, 0.6) is 11.5 Å². The van der Waals surface area contributed by atoms with Gasteiger partial charge in [0.25, 0.3) is 0 Å². The molecule has 0 saturated heterocycles. The Hall–Kier alpha value is -3.29. The Labute approximate surface area is 176 Å². The maximum absolute atomic E-state index is 12.4. The molecule has 2 rings (SSSR count). The topological polar surface area (TPSA) is 93.9 Å². The van der Waals surface area contributed by atoms with E-state index in [1.54, 1.807) is 25.3 Å². The smallest absolute Gasteiger partial charge is 0.247 e. The van der Waals surface area contributed by atoms with E-state index in [-0.39, 0.29) is 18.4 Å². The zero-order chi connectivity index (χ0) is 22.1. The van der Waals surface area contributed by atoms with Gasteiger partial charge in [-0.1, -0.05) is 11.2 Å². The van der Waals surface area contributed by atoms with Gasteiger partial charge in [-0.2, -0.15) is 0 Å². The first kappa shape index (κ1) is 23.0. The number of benzene rings is 1. The van der Waals surface area contributed by atoms with Crippen LogP contribution in [0.3, 0.4) is 0 Å². The number of hydrogen-bond acceptors (Lipinski definition) is 6. The Balaban J connectivity index is 2.06. The fraction of sp³-hybridized carbons (Fsp3) is 0.409. The SMILES string of the molecule is CCNC(=O)CN(CC)C(=O)/C=C/c1ccc(OCc2c(C)noc2C)c(OC)c1. The van der Waals surface area contributed by atoms with Gasteiger partial charge < -0.3 is 24.2 Å². The highest BCUT2D eigenvalue weighted by atomic mass is 16.5. The second-order valence-corrected chi connectivity index (χ2v) is 6.64. The van der Waals surface area contributed by atoms with Gasteiger partial charge in [0.1, 0.15) is 12.4 Å². The fourth-order valence-electron chi connectivity index (χ4n) is 2.81. The summed E-state index contributed by atoms with van der Waals surface area (Å²) in [6.45, 7) is 8.70. The number of carbonyl (C=O) groups excluding carboxylic acids is 2. The van der Waals surface area contributed by atoms with Crippen molar-refractivity contribution in [2.45, 2.75) is 34.3 Å². The predicted octanol–water partition coefficient (Wildman–Crippen LogP) is 2.88. The first-order valence-electron chi connectivity index (χ1n) is 9.85. The summed E-state index contributed by atoms with van der Waals surface area (Å²) in [5.74, 6) is 1.43. The first-order valence-corrected chi connectivity index (χ1v) is 9.85. The highest BCUT2D eigenvalue weighted by molar-refractivity contribution is 5.94. The van der Waals surface area contributed by atoms with Crippen molar-refractivity contribution in [2.75, 3.05) is 26.7 Å². The summed E-state index contributed by atoms with van der Waals surface area (Å²) in [4.78, 5) is 25.6. The third kappa shape index (κ3) is 6.10. The van der Waals surface area contributed by atoms with Crippen LogP contribution in [0.2, 0.25) is 0 Å². The largest absolute Gasteiger partial charge is 0.493 e. The number of likely N-dealkylation sites (N-methyl/N-ethyl adjacent to an activating group) is 2. The van der Waals surface area contributed by atoms with Gasteiger partial charge in [-0.05, 0) is 51.5 Å². The number of nitrogens with zero attached hydrogens (tertiary/aromatic N) is 2. The maximum Gasteiger partial charge on any atom is 0.247 e. The number of aryl methyl sites for hydroxylation is 2. The lowest BCUT2D eigenvalue weighted by Gasteiger charge is -2.18. The van der Waals surface area contributed by atoms with E-state index in [1.165, 1.54) is 11.0 Å². The molecule has 8 nitrogen and oxygen atoms in total. The number of aromatic nitrogens is 1. The van der Waals surface area contributed by atoms with Crippen LogP contribution in [-0.4, -0.2) is 48.6 Å². The molecule has 0 atom stereocenters. The molecule has 0 aliphatic carbocycles. The van der Waals surface area contributed by atoms with E-state index in [0.29, 0.717) is 31.2 Å². The molecule has 30 heavy (non-hydrogen) atoms. The van der Waals surface area contributed by atoms with E-state index in [0.717, 1.165) is 22.6 Å². The summed E-state index contributed by atoms with van der Waals surface area (Å²) in [5.41, 5.74) is 2.47. The molecule has 2 amide bonds. The van der Waals surface area contributed by atoms with E-state index in [2.05, 4.69) is 10.5 Å². The van der Waals surface area contributed by atoms with Crippen LogP contribution < -0.4 is 14.8 Å². The third-order valence-corrected chi connectivity index (χ3v) is 4.56. The molecular formula is C22H29N3O5. The first-order chi connectivity index (χ1) is 14.4. The van der Waals surface area contributed by atoms with Crippen molar-refractivity contribution in [3.8, 4) is 11.5 Å². The second-order valence-electron chi connectivity index (χ2n) is 6.64. The van der Waals surface area contributed by atoms with Crippen LogP contribution in [-0.2, 0) is 16.2 Å². The lowest BCUT2D eigenvalue weighted by molar-refractivity contribution is -0.132. The molecule has 162 valence electrons. The van der Waals surface area contributed by atoms with Crippen LogP contribution in [0.1, 0.15) is 36.4 Å². The summed E-state index contributed by atoms with van der Waals surface area (Å²) in [7, 11) is 1.56. The minimum absolute atomic E-state index is 0.0331. The average molecular weight is 415 g/mol. The van der Waals surface area contributed by atoms with Crippen molar-refractivity contribution in [2.24, 2.45) is 0 Å². The van der Waals surface area contributed by atoms with Gasteiger partial charge in [0.15, 0.2) is 11.5 Å². The number of carbonyl (C=O) groups is 2. The monoisotopic (exact) mass is 415 g/mol. The molecule has 1 N–H and O–H groups in total. The Bertz CT molecular complexity index is 885. The number of nitrogens with one attached hydrogen (secondary N) is 1. The highest BCUT2D eigenvalue weighted by Crippen LogP contribution is 2.30. The van der Waals surface area contributed by atoms with Crippen LogP contribution in [0, 0.1) is 13.8 Å². The molecule has 1 aromatic carbocycles. The van der Waals surface area contributed by atoms with Crippen molar-refractivity contribution in [1.82, 2.24) is 15.4 Å². The van der Waals surface area contributed by atoms with Crippen LogP contribution in [0.15, 0.2) is 28.8 Å². The van der Waals surface area contributed by atoms with Crippen molar-refractivity contribution < 1.29 is 23.6 Å². The zero-order valence-corrected chi connectivity index (χ0v) is 18.2. The van der Waals surface area contributed by atoms with E-state index in [4.69, 9.17) is 14.0 Å². The van der Waals surface area contributed by atoms with Crippen molar-refractivity contribution in [3.63, 3.8) is 0 Å². The fourth-order valence-corrected chi connectivity index (χ4v) is 2.81. The van der Waals surface area contributed by atoms with Crippen molar-refractivity contribution in [3.05, 3.63) is 46.9 Å². The molecule has 0 bridgehead atoms. The van der Waals surface area contributed by atoms with Gasteiger partial charge in [-0.15, -0.1) is 0 Å². The standard InChI is InChI=1S/C22H29N3O5/c1-6-23-21(26)13-25(7-2)22(27)11-9-17-8-10-19(20(12-17)28-5)29-14-18-15(3)24-30-16(18)4/h8-12H,6-7,13-14H2,1-5H3,(H,23,26)/b11-9+. The van der Waals surface area contributed by atoms with Gasteiger partial charge >= 0.3 is 0 Å². The molecule has 8 heteroatoms. The number of methoxy groups -OCH3 is 1. The zero-order valence-electron chi connectivity index (χ0n) is 18.2. The van der Waals surface area contributed by atoms with Crippen LogP contribution >= 0.6 is 0 Å². The normalized spacial score (nSPS) is 10.8. The predicted molar refractivity (Wildman–Crippen MR) is 113 cm³/mol. The van der Waals surface area contributed by atoms with Gasteiger partial charge in [0, 0.05) is 19.2 Å². The number of ether oxygens (including phenoxy) is 2. The number of amides is 2. The molecular weight excluding hydrogens is 386 g/mol. The Morgan fingerprint density at radius 1 is 1.23 bits per heavy atom. The second kappa shape index (κ2) is 11.0. The van der Waals surface area contributed by atoms with Gasteiger partial charge in [0.05, 0.1) is 24.9 Å². The molecule has 1 heterocycles. The summed E-state index contributed by atoms with van der Waals surface area (Å²) in [5, 5.41) is 6.61. The molecule has 0 unspecified atom stereocenters. The van der Waals surface area contributed by atoms with Crippen LogP contribution in [0.4, 0.5) is 0 Å². The summed E-state index contributed by atoms with van der Waals surface area (Å²) < 4.78 is 16.4. The molecule has 0 saturated carbocycles. The quantitative estimate of drug-likeness (QED) is 0.600. The molecule has 2 aromatic rings. The van der Waals surface area contributed by atoms with Gasteiger partial charge in [0.2, 0.25) is 11.8 Å². The summed E-state index contributed by atoms with van der Waals surface area (Å²) in [6, 6.07) is 5.40. The van der Waals surface area contributed by atoms with Crippen molar-refractivity contribution in [1.29, 1.82) is 0 Å². The average Bonchev–Trinajstić information content (AvgIpc) is 3.06. The molecule has 1 aromatic heterocycles. The Morgan fingerprint density at radius 2 is 2.00 bits per heavy atom. The lowest BCUT2D eigenvalue weighted by atomic mass is 10.1. The van der Waals surface area contributed by atoms with Gasteiger partial charge in [-0.25, -0.2) is 0 Å². The summed E-state index contributed by atoms with van der Waals surface area (Å²) >= 11 is 0. The van der Waals surface area contributed by atoms with E-state index in [9.17, 15) is 9.59 Å². The Morgan fingerprint density at radius 3 is 2.60 bits per heavy atom. The van der Waals surface area contributed by atoms with Gasteiger partial charge in [-0.3, -0.25) is 9.59 Å². The van der Waals surface area contributed by atoms with Crippen LogP contribution in [0.25, 0.3) is 6.08 Å². The number of hydrogen-bond donors (Lipinski definition) is 1. The Kier molecular flexibility index (Phi) is 8.46. The summed E-state index contributed by atoms with van der Waals surface area (Å²) in [6.07, 6.45) is 3.13. The molecule has 0 spiro atoms. The molecule has 0 aliphatic heterocycles. The van der Waals surface area contributed by atoms with E-state index >= 15 is 0 Å². The minimum atomic E-state index is -0.235. The lowest BCUT2D eigenvalue weighted by Crippen LogP contribution is -2.39. The van der Waals surface area contributed by atoms with E-state index in [1.807, 2.05) is 33.8 Å². The minimum Gasteiger partial charge on any atom is -0.493 e. The molecule has 0 fully saturated rings. The maximum atomic E-state index is 12.4. The van der Waals surface area contributed by atoms with Crippen molar-refractivity contribution >= 4 is 17.9 Å². The third-order valence-electron chi connectivity index (χ3n) is 4.56. The van der Waals surface area contributed by atoms with E-state index < -0.39 is 0 Å². The highest BCUT2D eigenvalue weighted by Gasteiger charge is 2.14. The number of rotatable bonds is 10. The molecule has 0 radical (unpaired) electrons.